The number of imidazole rings is 1. The Morgan fingerprint density at radius 3 is 2.52 bits per heavy atom. The third-order valence-electron chi connectivity index (χ3n) is 5.37. The molecule has 0 radical (unpaired) electrons. The standard InChI is InChI=1S/C21H24N6O5S/c1-27(21(29)26-19(22)28)20-24-17-11-8-15(12-18(17)25-20)32-33(30,31)16-9-6-14(7-10-16)23-13-4-2-3-5-13/h6-13,23H,2-5H2,1H3,(H,24,25)(H3,22,26,28,29). The number of hydrogen-bond acceptors (Lipinski definition) is 7. The Balaban J connectivity index is 1.48. The molecule has 0 aliphatic heterocycles. The van der Waals surface area contributed by atoms with E-state index in [9.17, 15) is 18.0 Å². The largest absolute Gasteiger partial charge is 0.382 e. The van der Waals surface area contributed by atoms with Crippen LogP contribution in [0.25, 0.3) is 11.0 Å². The number of H-pyrrole nitrogens is 1. The number of primary amides is 1. The quantitative estimate of drug-likeness (QED) is 0.401. The van der Waals surface area contributed by atoms with Crippen LogP contribution in [0.4, 0.5) is 21.2 Å². The van der Waals surface area contributed by atoms with E-state index >= 15 is 0 Å². The Labute approximate surface area is 190 Å². The Morgan fingerprint density at radius 1 is 1.15 bits per heavy atom. The van der Waals surface area contributed by atoms with E-state index in [1.54, 1.807) is 18.2 Å². The molecule has 0 bridgehead atoms. The van der Waals surface area contributed by atoms with Crippen LogP contribution in [0.5, 0.6) is 5.75 Å². The molecule has 3 aromatic rings. The van der Waals surface area contributed by atoms with Crippen molar-refractivity contribution in [1.82, 2.24) is 15.3 Å². The maximum atomic E-state index is 12.7. The Morgan fingerprint density at radius 2 is 1.85 bits per heavy atom. The van der Waals surface area contributed by atoms with Crippen LogP contribution >= 0.6 is 0 Å². The summed E-state index contributed by atoms with van der Waals surface area (Å²) in [6, 6.07) is 9.60. The number of urea groups is 2. The molecule has 1 saturated carbocycles. The van der Waals surface area contributed by atoms with Gasteiger partial charge in [0.25, 0.3) is 0 Å². The van der Waals surface area contributed by atoms with Gasteiger partial charge in [-0.25, -0.2) is 14.6 Å². The summed E-state index contributed by atoms with van der Waals surface area (Å²) in [6.45, 7) is 0. The average molecular weight is 473 g/mol. The number of rotatable bonds is 6. The maximum Gasteiger partial charge on any atom is 0.339 e. The summed E-state index contributed by atoms with van der Waals surface area (Å²) in [5.74, 6) is 0.201. The Hall–Kier alpha value is -3.80. The van der Waals surface area contributed by atoms with Crippen LogP contribution in [0.1, 0.15) is 25.7 Å². The molecule has 1 aromatic heterocycles. The van der Waals surface area contributed by atoms with Crippen LogP contribution in [0, 0.1) is 0 Å². The zero-order valence-electron chi connectivity index (χ0n) is 17.9. The van der Waals surface area contributed by atoms with E-state index in [1.165, 1.54) is 44.2 Å². The highest BCUT2D eigenvalue weighted by Crippen LogP contribution is 2.26. The number of anilines is 2. The maximum absolute atomic E-state index is 12.7. The van der Waals surface area contributed by atoms with E-state index in [0.717, 1.165) is 23.4 Å². The number of nitrogens with zero attached hydrogens (tertiary/aromatic N) is 2. The van der Waals surface area contributed by atoms with Crippen LogP contribution < -0.4 is 25.5 Å². The first kappa shape index (κ1) is 22.4. The predicted octanol–water partition coefficient (Wildman–Crippen LogP) is 2.91. The highest BCUT2D eigenvalue weighted by Gasteiger charge is 2.20. The third kappa shape index (κ3) is 5.17. The van der Waals surface area contributed by atoms with Crippen LogP contribution in [0.15, 0.2) is 47.4 Å². The number of carbonyl (C=O) groups excluding carboxylic acids is 2. The molecule has 33 heavy (non-hydrogen) atoms. The lowest BCUT2D eigenvalue weighted by Gasteiger charge is -2.14. The highest BCUT2D eigenvalue weighted by atomic mass is 32.2. The van der Waals surface area contributed by atoms with E-state index in [2.05, 4.69) is 15.3 Å². The summed E-state index contributed by atoms with van der Waals surface area (Å²) in [6.07, 6.45) is 4.64. The number of benzene rings is 2. The molecule has 1 fully saturated rings. The molecule has 12 heteroatoms. The zero-order valence-corrected chi connectivity index (χ0v) is 18.7. The van der Waals surface area contributed by atoms with Gasteiger partial charge in [-0.3, -0.25) is 10.2 Å². The van der Waals surface area contributed by atoms with Crippen molar-refractivity contribution in [2.45, 2.75) is 36.6 Å². The summed E-state index contributed by atoms with van der Waals surface area (Å²) in [5, 5.41) is 5.34. The van der Waals surface area contributed by atoms with Crippen molar-refractivity contribution < 1.29 is 22.2 Å². The Kier molecular flexibility index (Phi) is 6.09. The predicted molar refractivity (Wildman–Crippen MR) is 123 cm³/mol. The number of carbonyl (C=O) groups is 2. The second kappa shape index (κ2) is 8.98. The lowest BCUT2D eigenvalue weighted by molar-refractivity contribution is 0.235. The molecular weight excluding hydrogens is 448 g/mol. The molecule has 4 amide bonds. The van der Waals surface area contributed by atoms with E-state index < -0.39 is 22.2 Å². The van der Waals surface area contributed by atoms with Crippen molar-refractivity contribution >= 4 is 44.8 Å². The molecular formula is C21H24N6O5S. The van der Waals surface area contributed by atoms with Crippen molar-refractivity contribution in [2.24, 2.45) is 5.73 Å². The first-order valence-corrected chi connectivity index (χ1v) is 11.8. The van der Waals surface area contributed by atoms with Gasteiger partial charge >= 0.3 is 22.2 Å². The normalized spacial score (nSPS) is 14.2. The van der Waals surface area contributed by atoms with Gasteiger partial charge in [-0.2, -0.15) is 8.42 Å². The van der Waals surface area contributed by atoms with Crippen molar-refractivity contribution in [2.75, 3.05) is 17.3 Å². The van der Waals surface area contributed by atoms with Gasteiger partial charge in [-0.1, -0.05) is 12.8 Å². The Bertz CT molecular complexity index is 1280. The van der Waals surface area contributed by atoms with E-state index in [-0.39, 0.29) is 16.6 Å². The number of nitrogens with one attached hydrogen (secondary N) is 3. The second-order valence-electron chi connectivity index (χ2n) is 7.78. The highest BCUT2D eigenvalue weighted by molar-refractivity contribution is 7.87. The lowest BCUT2D eigenvalue weighted by Crippen LogP contribution is -2.43. The van der Waals surface area contributed by atoms with Crippen molar-refractivity contribution in [3.8, 4) is 5.75 Å². The summed E-state index contributed by atoms with van der Waals surface area (Å²) in [7, 11) is -2.66. The fraction of sp³-hybridized carbons (Fsp3) is 0.286. The van der Waals surface area contributed by atoms with Crippen LogP contribution in [0.2, 0.25) is 0 Å². The van der Waals surface area contributed by atoms with Crippen molar-refractivity contribution in [1.29, 1.82) is 0 Å². The average Bonchev–Trinajstić information content (AvgIpc) is 3.42. The minimum absolute atomic E-state index is 0.0325. The molecule has 0 unspecified atom stereocenters. The number of fused-ring (bicyclic) bond motifs is 1. The van der Waals surface area contributed by atoms with Crippen LogP contribution in [-0.4, -0.2) is 43.5 Å². The first-order valence-electron chi connectivity index (χ1n) is 10.4. The molecule has 4 rings (SSSR count). The number of amides is 4. The number of nitrogens with two attached hydrogens (primary N) is 1. The summed E-state index contributed by atoms with van der Waals surface area (Å²) >= 11 is 0. The molecule has 0 spiro atoms. The third-order valence-corrected chi connectivity index (χ3v) is 6.63. The summed E-state index contributed by atoms with van der Waals surface area (Å²) < 4.78 is 30.7. The molecule has 11 nitrogen and oxygen atoms in total. The van der Waals surface area contributed by atoms with Crippen LogP contribution in [-0.2, 0) is 10.1 Å². The SMILES string of the molecule is CN(C(=O)NC(N)=O)c1nc2cc(OS(=O)(=O)c3ccc(NC4CCCC4)cc3)ccc2[nH]1. The van der Waals surface area contributed by atoms with E-state index in [4.69, 9.17) is 9.92 Å². The molecule has 2 aromatic carbocycles. The van der Waals surface area contributed by atoms with Crippen LogP contribution in [0.3, 0.4) is 0 Å². The van der Waals surface area contributed by atoms with Gasteiger partial charge in [-0.05, 0) is 49.2 Å². The number of aromatic amines is 1. The van der Waals surface area contributed by atoms with Gasteiger partial charge in [0.15, 0.2) is 0 Å². The topological polar surface area (TPSA) is 160 Å². The van der Waals surface area contributed by atoms with Gasteiger partial charge < -0.3 is 20.2 Å². The fourth-order valence-corrected chi connectivity index (χ4v) is 4.59. The van der Waals surface area contributed by atoms with E-state index in [1.807, 2.05) is 5.32 Å². The fourth-order valence-electron chi connectivity index (χ4n) is 3.67. The number of hydrogen-bond donors (Lipinski definition) is 4. The van der Waals surface area contributed by atoms with Crippen molar-refractivity contribution in [3.63, 3.8) is 0 Å². The minimum atomic E-state index is -4.05. The molecule has 0 saturated heterocycles. The molecule has 1 aliphatic rings. The summed E-state index contributed by atoms with van der Waals surface area (Å²) in [4.78, 5) is 31.0. The monoisotopic (exact) mass is 472 g/mol. The zero-order chi connectivity index (χ0) is 23.6. The molecule has 1 heterocycles. The number of imide groups is 1. The first-order chi connectivity index (χ1) is 15.7. The molecule has 0 atom stereocenters. The number of aromatic nitrogens is 2. The lowest BCUT2D eigenvalue weighted by atomic mass is 10.2. The van der Waals surface area contributed by atoms with Gasteiger partial charge in [0.1, 0.15) is 10.6 Å². The second-order valence-corrected chi connectivity index (χ2v) is 9.33. The van der Waals surface area contributed by atoms with Gasteiger partial charge in [-0.15, -0.1) is 0 Å². The van der Waals surface area contributed by atoms with E-state index in [0.29, 0.717) is 17.1 Å². The van der Waals surface area contributed by atoms with Crippen molar-refractivity contribution in [3.05, 3.63) is 42.5 Å². The molecule has 1 aliphatic carbocycles. The van der Waals surface area contributed by atoms with Gasteiger partial charge in [0.2, 0.25) is 5.95 Å². The molecule has 5 N–H and O–H groups in total. The molecule has 174 valence electrons. The van der Waals surface area contributed by atoms with Gasteiger partial charge in [0, 0.05) is 24.8 Å². The smallest absolute Gasteiger partial charge is 0.339 e. The van der Waals surface area contributed by atoms with Gasteiger partial charge in [0.05, 0.1) is 11.0 Å². The summed E-state index contributed by atoms with van der Waals surface area (Å²) in [5.41, 5.74) is 6.73. The minimum Gasteiger partial charge on any atom is -0.382 e.